The molecule has 2 nitrogen and oxygen atoms in total. The second kappa shape index (κ2) is 5.98. The topological polar surface area (TPSA) is 29.1 Å². The maximum Gasteiger partial charge on any atom is 0.137 e. The minimum Gasteiger partial charge on any atom is -0.384 e. The van der Waals surface area contributed by atoms with Crippen molar-refractivity contribution < 1.29 is 9.18 Å². The molecule has 108 valence electrons. The van der Waals surface area contributed by atoms with Crippen molar-refractivity contribution in [3.05, 3.63) is 63.9 Å². The standard InChI is InChI=1S/C17H15BrFNO/c18-13-5-11(6-14(19)9-13)7-15(21)8-12-10-20-17-4-2-1-3-16(12)17/h1-6,9,12,20H,7-8,10H2. The Balaban J connectivity index is 1.68. The minimum atomic E-state index is -0.319. The average Bonchev–Trinajstić information content (AvgIpc) is 2.81. The van der Waals surface area contributed by atoms with Gasteiger partial charge in [-0.15, -0.1) is 0 Å². The Morgan fingerprint density at radius 3 is 2.90 bits per heavy atom. The van der Waals surface area contributed by atoms with E-state index in [1.54, 1.807) is 6.07 Å². The molecule has 0 bridgehead atoms. The number of anilines is 1. The molecule has 1 aliphatic heterocycles. The van der Waals surface area contributed by atoms with Gasteiger partial charge in [-0.1, -0.05) is 34.1 Å². The summed E-state index contributed by atoms with van der Waals surface area (Å²) in [4.78, 5) is 12.2. The van der Waals surface area contributed by atoms with Gasteiger partial charge in [0, 0.05) is 35.5 Å². The highest BCUT2D eigenvalue weighted by molar-refractivity contribution is 9.10. The number of para-hydroxylation sites is 1. The maximum atomic E-state index is 13.3. The molecule has 1 aliphatic rings. The van der Waals surface area contributed by atoms with Crippen LogP contribution in [0.1, 0.15) is 23.5 Å². The Morgan fingerprint density at radius 1 is 1.29 bits per heavy atom. The van der Waals surface area contributed by atoms with Crippen molar-refractivity contribution in [1.82, 2.24) is 0 Å². The van der Waals surface area contributed by atoms with Crippen molar-refractivity contribution in [2.45, 2.75) is 18.8 Å². The zero-order valence-electron chi connectivity index (χ0n) is 11.4. The molecule has 0 saturated carbocycles. The molecule has 0 aromatic heterocycles. The second-order valence-corrected chi connectivity index (χ2v) is 6.28. The number of fused-ring (bicyclic) bond motifs is 1. The van der Waals surface area contributed by atoms with Crippen LogP contribution in [0.4, 0.5) is 10.1 Å². The lowest BCUT2D eigenvalue weighted by molar-refractivity contribution is -0.118. The van der Waals surface area contributed by atoms with Crippen molar-refractivity contribution >= 4 is 27.4 Å². The van der Waals surface area contributed by atoms with Gasteiger partial charge in [0.1, 0.15) is 11.6 Å². The van der Waals surface area contributed by atoms with Crippen molar-refractivity contribution in [3.63, 3.8) is 0 Å². The number of halogens is 2. The first kappa shape index (κ1) is 14.3. The van der Waals surface area contributed by atoms with Gasteiger partial charge in [-0.2, -0.15) is 0 Å². The Hall–Kier alpha value is -1.68. The molecule has 3 rings (SSSR count). The van der Waals surface area contributed by atoms with E-state index in [-0.39, 0.29) is 23.9 Å². The Labute approximate surface area is 131 Å². The van der Waals surface area contributed by atoms with Gasteiger partial charge in [0.05, 0.1) is 0 Å². The van der Waals surface area contributed by atoms with Crippen LogP contribution in [0.2, 0.25) is 0 Å². The Bertz CT molecular complexity index is 666. The van der Waals surface area contributed by atoms with E-state index in [1.165, 1.54) is 17.7 Å². The van der Waals surface area contributed by atoms with Crippen LogP contribution in [-0.2, 0) is 11.2 Å². The quantitative estimate of drug-likeness (QED) is 0.893. The average molecular weight is 348 g/mol. The lowest BCUT2D eigenvalue weighted by atomic mass is 9.93. The van der Waals surface area contributed by atoms with Crippen molar-refractivity contribution in [2.24, 2.45) is 0 Å². The Kier molecular flexibility index (Phi) is 4.06. The summed E-state index contributed by atoms with van der Waals surface area (Å²) in [6.45, 7) is 0.790. The van der Waals surface area contributed by atoms with Gasteiger partial charge in [0.25, 0.3) is 0 Å². The van der Waals surface area contributed by atoms with Gasteiger partial charge in [-0.25, -0.2) is 4.39 Å². The zero-order valence-corrected chi connectivity index (χ0v) is 13.0. The number of Topliss-reactive ketones (excluding diaryl/α,β-unsaturated/α-hetero) is 1. The van der Waals surface area contributed by atoms with Crippen LogP contribution in [0, 0.1) is 5.82 Å². The van der Waals surface area contributed by atoms with Crippen molar-refractivity contribution in [1.29, 1.82) is 0 Å². The van der Waals surface area contributed by atoms with Gasteiger partial charge in [-0.3, -0.25) is 4.79 Å². The fourth-order valence-electron chi connectivity index (χ4n) is 2.83. The molecule has 0 aliphatic carbocycles. The van der Waals surface area contributed by atoms with Crippen LogP contribution < -0.4 is 5.32 Å². The highest BCUT2D eigenvalue weighted by atomic mass is 79.9. The van der Waals surface area contributed by atoms with Crippen LogP contribution in [0.15, 0.2) is 46.9 Å². The van der Waals surface area contributed by atoms with Gasteiger partial charge >= 0.3 is 0 Å². The summed E-state index contributed by atoms with van der Waals surface area (Å²) in [6.07, 6.45) is 0.757. The van der Waals surface area contributed by atoms with E-state index < -0.39 is 0 Å². The third kappa shape index (κ3) is 3.32. The van der Waals surface area contributed by atoms with Gasteiger partial charge < -0.3 is 5.32 Å². The second-order valence-electron chi connectivity index (χ2n) is 5.36. The summed E-state index contributed by atoms with van der Waals surface area (Å²) >= 11 is 3.25. The SMILES string of the molecule is O=C(Cc1cc(F)cc(Br)c1)CC1CNc2ccccc21. The van der Waals surface area contributed by atoms with E-state index >= 15 is 0 Å². The van der Waals surface area contributed by atoms with E-state index in [0.717, 1.165) is 12.2 Å². The van der Waals surface area contributed by atoms with Crippen molar-refractivity contribution in [2.75, 3.05) is 11.9 Å². The highest BCUT2D eigenvalue weighted by Crippen LogP contribution is 2.33. The molecule has 21 heavy (non-hydrogen) atoms. The predicted octanol–water partition coefficient (Wildman–Crippen LogP) is 4.30. The molecule has 2 aromatic rings. The lowest BCUT2D eigenvalue weighted by Crippen LogP contribution is -2.11. The largest absolute Gasteiger partial charge is 0.384 e. The first-order valence-corrected chi connectivity index (χ1v) is 7.70. The van der Waals surface area contributed by atoms with E-state index in [0.29, 0.717) is 16.5 Å². The first-order chi connectivity index (χ1) is 10.1. The van der Waals surface area contributed by atoms with Gasteiger partial charge in [0.15, 0.2) is 0 Å². The predicted molar refractivity (Wildman–Crippen MR) is 85.1 cm³/mol. The third-order valence-corrected chi connectivity index (χ3v) is 4.20. The van der Waals surface area contributed by atoms with Crippen LogP contribution in [0.5, 0.6) is 0 Å². The number of hydrogen-bond acceptors (Lipinski definition) is 2. The highest BCUT2D eigenvalue weighted by Gasteiger charge is 2.23. The molecule has 0 fully saturated rings. The van der Waals surface area contributed by atoms with Crippen LogP contribution in [0.3, 0.4) is 0 Å². The monoisotopic (exact) mass is 347 g/mol. The van der Waals surface area contributed by atoms with Crippen LogP contribution >= 0.6 is 15.9 Å². The van der Waals surface area contributed by atoms with Crippen molar-refractivity contribution in [3.8, 4) is 0 Å². The number of rotatable bonds is 4. The zero-order chi connectivity index (χ0) is 14.8. The number of carbonyl (C=O) groups excluding carboxylic acids is 1. The number of carbonyl (C=O) groups is 1. The first-order valence-electron chi connectivity index (χ1n) is 6.91. The third-order valence-electron chi connectivity index (χ3n) is 3.74. The van der Waals surface area contributed by atoms with E-state index in [9.17, 15) is 9.18 Å². The summed E-state index contributed by atoms with van der Waals surface area (Å²) < 4.78 is 14.0. The molecule has 1 N–H and O–H groups in total. The number of nitrogens with one attached hydrogen (secondary N) is 1. The molecule has 1 heterocycles. The van der Waals surface area contributed by atoms with Crippen LogP contribution in [0.25, 0.3) is 0 Å². The van der Waals surface area contributed by atoms with E-state index in [2.05, 4.69) is 27.3 Å². The fourth-order valence-corrected chi connectivity index (χ4v) is 3.34. The molecular weight excluding hydrogens is 333 g/mol. The fraction of sp³-hybridized carbons (Fsp3) is 0.235. The molecule has 0 spiro atoms. The normalized spacial score (nSPS) is 16.4. The summed E-state index contributed by atoms with van der Waals surface area (Å²) in [5.41, 5.74) is 3.03. The Morgan fingerprint density at radius 2 is 2.10 bits per heavy atom. The lowest BCUT2D eigenvalue weighted by Gasteiger charge is -2.09. The maximum absolute atomic E-state index is 13.3. The molecule has 1 unspecified atom stereocenters. The molecule has 0 amide bonds. The number of ketones is 1. The van der Waals surface area contributed by atoms with Gasteiger partial charge in [-0.05, 0) is 35.4 Å². The molecule has 0 radical (unpaired) electrons. The summed E-state index contributed by atoms with van der Waals surface area (Å²) in [7, 11) is 0. The summed E-state index contributed by atoms with van der Waals surface area (Å²) in [5.74, 6) is 0.0294. The molecule has 0 saturated heterocycles. The number of benzene rings is 2. The van der Waals surface area contributed by atoms with Gasteiger partial charge in [0.2, 0.25) is 0 Å². The van der Waals surface area contributed by atoms with E-state index in [1.807, 2.05) is 18.2 Å². The number of hydrogen-bond donors (Lipinski definition) is 1. The molecule has 4 heteroatoms. The summed E-state index contributed by atoms with van der Waals surface area (Å²) in [6, 6.07) is 12.7. The molecular formula is C17H15BrFNO. The van der Waals surface area contributed by atoms with Crippen LogP contribution in [-0.4, -0.2) is 12.3 Å². The molecule has 2 aromatic carbocycles. The molecule has 1 atom stereocenters. The van der Waals surface area contributed by atoms with E-state index in [4.69, 9.17) is 0 Å². The minimum absolute atomic E-state index is 0.135. The smallest absolute Gasteiger partial charge is 0.137 e. The summed E-state index contributed by atoms with van der Waals surface area (Å²) in [5, 5.41) is 3.32.